The van der Waals surface area contributed by atoms with Crippen molar-refractivity contribution in [3.05, 3.63) is 0 Å². The van der Waals surface area contributed by atoms with E-state index in [0.29, 0.717) is 0 Å². The van der Waals surface area contributed by atoms with Gasteiger partial charge in [0.05, 0.1) is 29.8 Å². The molecule has 0 aliphatic carbocycles. The van der Waals surface area contributed by atoms with Crippen molar-refractivity contribution < 1.29 is 169 Å². The Labute approximate surface area is 268 Å². The minimum atomic E-state index is -1.54. The molecule has 0 aliphatic rings. The Bertz CT molecular complexity index is 498. The predicted octanol–water partition coefficient (Wildman–Crippen LogP) is -15.4. The second kappa shape index (κ2) is 21.8. The molecule has 0 bridgehead atoms. The van der Waals surface area contributed by atoms with Crippen LogP contribution in [-0.4, -0.2) is 103 Å². The molecule has 0 amide bonds. The molecule has 0 aromatic rings. The molecule has 0 saturated carbocycles. The molecule has 30 heavy (non-hydrogen) atoms. The van der Waals surface area contributed by atoms with Gasteiger partial charge in [0.15, 0.2) is 0 Å². The normalized spacial score (nSPS) is 9.97. The summed E-state index contributed by atoms with van der Waals surface area (Å²) in [6, 6.07) is 0. The molecule has 0 spiro atoms. The number of rotatable bonds is 16. The van der Waals surface area contributed by atoms with Crippen molar-refractivity contribution in [2.45, 2.75) is 0 Å². The van der Waals surface area contributed by atoms with E-state index in [4.69, 9.17) is 0 Å². The maximum Gasteiger partial charge on any atom is 3.00 e. The molecule has 0 N–H and O–H groups in total. The zero-order valence-corrected chi connectivity index (χ0v) is 24.0. The molecule has 1 radical (unpaired) electrons. The third kappa shape index (κ3) is 23.7. The van der Waals surface area contributed by atoms with Crippen molar-refractivity contribution in [1.82, 2.24) is 14.7 Å². The molecule has 16 heteroatoms. The summed E-state index contributed by atoms with van der Waals surface area (Å²) in [7, 11) is 0. The quantitative estimate of drug-likeness (QED) is 0.173. The maximum atomic E-state index is 10.8. The average molecular weight is 522 g/mol. The van der Waals surface area contributed by atoms with Crippen LogP contribution in [0.4, 0.5) is 0 Å². The summed E-state index contributed by atoms with van der Waals surface area (Å²) >= 11 is 0. The SMILES string of the molecule is O=C([O-])CN(CCN(CC(=O)[O-])CC(=O)[O-])CCN(CC(=O)[O-])CC(=O)[O-].[Fe+3].[K+].[K+]. The Hall–Kier alpha value is 1.02. The summed E-state index contributed by atoms with van der Waals surface area (Å²) in [5, 5.41) is 53.3. The fourth-order valence-electron chi connectivity index (χ4n) is 2.18. The Morgan fingerprint density at radius 3 is 0.800 bits per heavy atom. The number of hydrogen-bond donors (Lipinski definition) is 0. The van der Waals surface area contributed by atoms with E-state index in [1.807, 2.05) is 0 Å². The zero-order chi connectivity index (χ0) is 21.0. The zero-order valence-electron chi connectivity index (χ0n) is 16.6. The molecule has 0 rings (SSSR count). The molecular formula is C14H18FeK2N3O10. The van der Waals surface area contributed by atoms with Crippen LogP contribution in [0.1, 0.15) is 0 Å². The topological polar surface area (TPSA) is 210 Å². The van der Waals surface area contributed by atoms with Crippen molar-refractivity contribution in [2.75, 3.05) is 58.9 Å². The third-order valence-electron chi connectivity index (χ3n) is 3.23. The first-order valence-electron chi connectivity index (χ1n) is 7.66. The molecule has 0 unspecified atom stereocenters. The number of carboxylic acid groups (broad SMARTS) is 5. The minimum absolute atomic E-state index is 0. The van der Waals surface area contributed by atoms with Crippen molar-refractivity contribution in [1.29, 1.82) is 0 Å². The smallest absolute Gasteiger partial charge is 0.549 e. The Morgan fingerprint density at radius 2 is 0.600 bits per heavy atom. The van der Waals surface area contributed by atoms with Crippen LogP contribution >= 0.6 is 0 Å². The molecule has 0 fully saturated rings. The maximum absolute atomic E-state index is 10.8. The van der Waals surface area contributed by atoms with Crippen molar-refractivity contribution in [3.8, 4) is 0 Å². The van der Waals surface area contributed by atoms with E-state index < -0.39 is 62.6 Å². The molecule has 0 aliphatic heterocycles. The predicted molar refractivity (Wildman–Crippen MR) is 74.4 cm³/mol. The van der Waals surface area contributed by atoms with Gasteiger partial charge in [-0.15, -0.1) is 0 Å². The van der Waals surface area contributed by atoms with Crippen LogP contribution in [0.25, 0.3) is 0 Å². The van der Waals surface area contributed by atoms with Crippen molar-refractivity contribution >= 4 is 29.8 Å². The van der Waals surface area contributed by atoms with Crippen molar-refractivity contribution in [2.24, 2.45) is 0 Å². The molecule has 0 aromatic carbocycles. The van der Waals surface area contributed by atoms with Crippen LogP contribution in [0.3, 0.4) is 0 Å². The van der Waals surface area contributed by atoms with Gasteiger partial charge in [-0.1, -0.05) is 0 Å². The number of nitrogens with zero attached hydrogens (tertiary/aromatic N) is 3. The summed E-state index contributed by atoms with van der Waals surface area (Å²) in [4.78, 5) is 56.4. The van der Waals surface area contributed by atoms with Gasteiger partial charge < -0.3 is 49.5 Å². The number of carbonyl (C=O) groups excluding carboxylic acids is 5. The van der Waals surface area contributed by atoms with E-state index >= 15 is 0 Å². The third-order valence-corrected chi connectivity index (χ3v) is 3.23. The number of aliphatic carboxylic acids is 5. The van der Waals surface area contributed by atoms with E-state index in [1.165, 1.54) is 4.90 Å². The van der Waals surface area contributed by atoms with Gasteiger partial charge in [0.25, 0.3) is 0 Å². The number of carbonyl (C=O) groups is 5. The first kappa shape index (κ1) is 38.3. The summed E-state index contributed by atoms with van der Waals surface area (Å²) in [6.45, 7) is -4.16. The first-order valence-corrected chi connectivity index (χ1v) is 7.66. The molecule has 13 nitrogen and oxygen atoms in total. The first-order chi connectivity index (χ1) is 12.5. The van der Waals surface area contributed by atoms with E-state index in [-0.39, 0.29) is 146 Å². The van der Waals surface area contributed by atoms with Crippen LogP contribution < -0.4 is 128 Å². The monoisotopic (exact) mass is 522 g/mol. The van der Waals surface area contributed by atoms with E-state index in [2.05, 4.69) is 0 Å². The summed E-state index contributed by atoms with van der Waals surface area (Å²) in [5.41, 5.74) is 0. The van der Waals surface area contributed by atoms with Gasteiger partial charge in [-0.2, -0.15) is 0 Å². The van der Waals surface area contributed by atoms with Crippen LogP contribution in [0.2, 0.25) is 0 Å². The molecule has 0 heterocycles. The van der Waals surface area contributed by atoms with Gasteiger partial charge in [0.2, 0.25) is 0 Å². The van der Waals surface area contributed by atoms with Crippen molar-refractivity contribution in [3.63, 3.8) is 0 Å². The van der Waals surface area contributed by atoms with Gasteiger partial charge in [-0.25, -0.2) is 0 Å². The Morgan fingerprint density at radius 1 is 0.433 bits per heavy atom. The summed E-state index contributed by atoms with van der Waals surface area (Å²) in [6.07, 6.45) is 0. The fraction of sp³-hybridized carbons (Fsp3) is 0.643. The second-order valence-corrected chi connectivity index (χ2v) is 5.56. The largest absolute Gasteiger partial charge is 3.00 e. The minimum Gasteiger partial charge on any atom is -0.549 e. The average Bonchev–Trinajstić information content (AvgIpc) is 2.46. The molecule has 159 valence electrons. The molecule has 0 aromatic heterocycles. The van der Waals surface area contributed by atoms with Crippen LogP contribution in [0, 0.1) is 0 Å². The van der Waals surface area contributed by atoms with E-state index in [9.17, 15) is 49.5 Å². The fourth-order valence-corrected chi connectivity index (χ4v) is 2.18. The van der Waals surface area contributed by atoms with Crippen LogP contribution in [-0.2, 0) is 41.0 Å². The van der Waals surface area contributed by atoms with Crippen LogP contribution in [0.5, 0.6) is 0 Å². The second-order valence-electron chi connectivity index (χ2n) is 5.56. The Kier molecular flexibility index (Phi) is 27.9. The van der Waals surface area contributed by atoms with Gasteiger partial charge in [-0.3, -0.25) is 14.7 Å². The van der Waals surface area contributed by atoms with E-state index in [1.54, 1.807) is 0 Å². The standard InChI is InChI=1S/C14H23N3O10.Fe.2K/c18-10(19)5-15(1-3-16(6-11(20)21)7-12(22)23)2-4-17(8-13(24)25)9-14(26)27;;;/h1-9H2,(H,18,19)(H,20,21)(H,22,23)(H,24,25)(H,26,27);;;/q;+3;2*+1/p-5. The Balaban J connectivity index is -0.00000113. The number of carboxylic acids is 5. The molecular weight excluding hydrogens is 504 g/mol. The molecule has 0 atom stereocenters. The number of hydrogen-bond acceptors (Lipinski definition) is 13. The van der Waals surface area contributed by atoms with Gasteiger partial charge >= 0.3 is 120 Å². The molecule has 0 saturated heterocycles. The van der Waals surface area contributed by atoms with E-state index in [0.717, 1.165) is 9.80 Å². The van der Waals surface area contributed by atoms with Crippen LogP contribution in [0.15, 0.2) is 0 Å². The van der Waals surface area contributed by atoms with Gasteiger partial charge in [0.1, 0.15) is 0 Å². The summed E-state index contributed by atoms with van der Waals surface area (Å²) in [5.74, 6) is -7.67. The van der Waals surface area contributed by atoms with Gasteiger partial charge in [0, 0.05) is 58.9 Å². The van der Waals surface area contributed by atoms with Gasteiger partial charge in [-0.05, 0) is 0 Å². The summed E-state index contributed by atoms with van der Waals surface area (Å²) < 4.78 is 0.